The highest BCUT2D eigenvalue weighted by molar-refractivity contribution is 7.90. The number of hydrogen-bond donors (Lipinski definition) is 0. The highest BCUT2D eigenvalue weighted by atomic mass is 32.2. The van der Waals surface area contributed by atoms with Crippen LogP contribution in [0.2, 0.25) is 0 Å². The van der Waals surface area contributed by atoms with Crippen LogP contribution < -0.4 is 4.74 Å². The molecule has 1 fully saturated rings. The molecule has 122 valence electrons. The normalized spacial score (nSPS) is 17.6. The minimum absolute atomic E-state index is 0.164. The van der Waals surface area contributed by atoms with Crippen LogP contribution in [0.3, 0.4) is 0 Å². The molecule has 1 heterocycles. The van der Waals surface area contributed by atoms with E-state index in [4.69, 9.17) is 4.74 Å². The first-order valence-electron chi connectivity index (χ1n) is 7.20. The van der Waals surface area contributed by atoms with Gasteiger partial charge in [-0.3, -0.25) is 4.79 Å². The number of benzene rings is 1. The van der Waals surface area contributed by atoms with Gasteiger partial charge in [0, 0.05) is 33.1 Å². The zero-order valence-electron chi connectivity index (χ0n) is 13.1. The quantitative estimate of drug-likeness (QED) is 0.776. The Labute approximate surface area is 131 Å². The van der Waals surface area contributed by atoms with E-state index >= 15 is 0 Å². The molecule has 22 heavy (non-hydrogen) atoms. The van der Waals surface area contributed by atoms with E-state index in [1.54, 1.807) is 14.1 Å². The first kappa shape index (κ1) is 16.8. The Hall–Kier alpha value is -1.60. The maximum atomic E-state index is 12.3. The molecule has 1 saturated heterocycles. The SMILES string of the molecule is CC(C(=O)N(C)C)S(=O)(=O)N1CC(COc2ccccc2)C1. The summed E-state index contributed by atoms with van der Waals surface area (Å²) >= 11 is 0. The summed E-state index contributed by atoms with van der Waals surface area (Å²) in [4.78, 5) is 13.1. The van der Waals surface area contributed by atoms with Gasteiger partial charge in [0.2, 0.25) is 15.9 Å². The third-order valence-corrected chi connectivity index (χ3v) is 5.86. The molecule has 1 aliphatic heterocycles. The zero-order valence-corrected chi connectivity index (χ0v) is 13.9. The van der Waals surface area contributed by atoms with Crippen LogP contribution in [0, 0.1) is 5.92 Å². The third-order valence-electron chi connectivity index (χ3n) is 3.75. The molecule has 1 aliphatic rings. The lowest BCUT2D eigenvalue weighted by Gasteiger charge is -2.39. The van der Waals surface area contributed by atoms with Gasteiger partial charge in [0.25, 0.3) is 0 Å². The van der Waals surface area contributed by atoms with Crippen LogP contribution >= 0.6 is 0 Å². The Morgan fingerprint density at radius 3 is 2.45 bits per heavy atom. The molecule has 1 amide bonds. The van der Waals surface area contributed by atoms with Crippen LogP contribution in [-0.2, 0) is 14.8 Å². The van der Waals surface area contributed by atoms with Gasteiger partial charge < -0.3 is 9.64 Å². The molecule has 0 N–H and O–H groups in total. The van der Waals surface area contributed by atoms with Gasteiger partial charge in [-0.2, -0.15) is 0 Å². The van der Waals surface area contributed by atoms with Crippen molar-refractivity contribution in [1.82, 2.24) is 9.21 Å². The maximum Gasteiger partial charge on any atom is 0.241 e. The predicted molar refractivity (Wildman–Crippen MR) is 84.1 cm³/mol. The fraction of sp³-hybridized carbons (Fsp3) is 0.533. The number of para-hydroxylation sites is 1. The van der Waals surface area contributed by atoms with Crippen LogP contribution in [0.15, 0.2) is 30.3 Å². The second-order valence-electron chi connectivity index (χ2n) is 5.73. The molecule has 0 saturated carbocycles. The van der Waals surface area contributed by atoms with Gasteiger partial charge in [-0.1, -0.05) is 18.2 Å². The highest BCUT2D eigenvalue weighted by Gasteiger charge is 2.41. The first-order chi connectivity index (χ1) is 10.3. The van der Waals surface area contributed by atoms with E-state index in [-0.39, 0.29) is 5.92 Å². The summed E-state index contributed by atoms with van der Waals surface area (Å²) in [5.41, 5.74) is 0. The minimum atomic E-state index is -3.58. The Bertz CT molecular complexity index is 610. The van der Waals surface area contributed by atoms with Crippen LogP contribution in [0.1, 0.15) is 6.92 Å². The van der Waals surface area contributed by atoms with Gasteiger partial charge in [0.1, 0.15) is 5.75 Å². The van der Waals surface area contributed by atoms with Crippen molar-refractivity contribution in [2.24, 2.45) is 5.92 Å². The van der Waals surface area contributed by atoms with Crippen LogP contribution in [-0.4, -0.2) is 62.6 Å². The number of hydrogen-bond acceptors (Lipinski definition) is 4. The second kappa shape index (κ2) is 6.66. The summed E-state index contributed by atoms with van der Waals surface area (Å²) in [7, 11) is -0.463. The summed E-state index contributed by atoms with van der Waals surface area (Å²) in [6.45, 7) is 2.72. The van der Waals surface area contributed by atoms with E-state index in [2.05, 4.69) is 0 Å². The lowest BCUT2D eigenvalue weighted by Crippen LogP contribution is -2.56. The van der Waals surface area contributed by atoms with Crippen molar-refractivity contribution in [1.29, 1.82) is 0 Å². The van der Waals surface area contributed by atoms with Crippen LogP contribution in [0.4, 0.5) is 0 Å². The second-order valence-corrected chi connectivity index (χ2v) is 7.98. The number of ether oxygens (including phenoxy) is 1. The number of rotatable bonds is 6. The van der Waals surface area contributed by atoms with Crippen molar-refractivity contribution in [2.45, 2.75) is 12.2 Å². The number of nitrogens with zero attached hydrogens (tertiary/aromatic N) is 2. The van der Waals surface area contributed by atoms with E-state index in [1.807, 2.05) is 30.3 Å². The van der Waals surface area contributed by atoms with Crippen molar-refractivity contribution in [3.05, 3.63) is 30.3 Å². The van der Waals surface area contributed by atoms with Crippen LogP contribution in [0.5, 0.6) is 5.75 Å². The summed E-state index contributed by atoms with van der Waals surface area (Å²) in [6.07, 6.45) is 0. The molecule has 1 atom stereocenters. The van der Waals surface area contributed by atoms with Crippen molar-refractivity contribution >= 4 is 15.9 Å². The van der Waals surface area contributed by atoms with E-state index in [0.29, 0.717) is 19.7 Å². The molecule has 0 bridgehead atoms. The summed E-state index contributed by atoms with van der Waals surface area (Å²) in [6, 6.07) is 9.42. The molecule has 1 unspecified atom stereocenters. The molecular weight excluding hydrogens is 304 g/mol. The summed E-state index contributed by atoms with van der Waals surface area (Å²) in [5.74, 6) is 0.542. The van der Waals surface area contributed by atoms with E-state index in [9.17, 15) is 13.2 Å². The summed E-state index contributed by atoms with van der Waals surface area (Å²) in [5, 5.41) is -1.04. The highest BCUT2D eigenvalue weighted by Crippen LogP contribution is 2.24. The standard InChI is InChI=1S/C15H22N2O4S/c1-12(15(18)16(2)3)22(19,20)17-9-13(10-17)11-21-14-7-5-4-6-8-14/h4-8,12-13H,9-11H2,1-3H3. The average Bonchev–Trinajstić information content (AvgIpc) is 2.44. The minimum Gasteiger partial charge on any atom is -0.493 e. The third kappa shape index (κ3) is 3.59. The lowest BCUT2D eigenvalue weighted by atomic mass is 10.1. The number of sulfonamides is 1. The van der Waals surface area contributed by atoms with Gasteiger partial charge in [-0.25, -0.2) is 12.7 Å². The monoisotopic (exact) mass is 326 g/mol. The molecular formula is C15H22N2O4S. The predicted octanol–water partition coefficient (Wildman–Crippen LogP) is 0.804. The van der Waals surface area contributed by atoms with E-state index in [0.717, 1.165) is 5.75 Å². The molecule has 0 radical (unpaired) electrons. The van der Waals surface area contributed by atoms with Gasteiger partial charge in [-0.05, 0) is 19.1 Å². The summed E-state index contributed by atoms with van der Waals surface area (Å²) < 4.78 is 31.6. The van der Waals surface area contributed by atoms with E-state index in [1.165, 1.54) is 16.1 Å². The van der Waals surface area contributed by atoms with Crippen molar-refractivity contribution in [2.75, 3.05) is 33.8 Å². The van der Waals surface area contributed by atoms with Crippen molar-refractivity contribution < 1.29 is 17.9 Å². The van der Waals surface area contributed by atoms with E-state index < -0.39 is 21.2 Å². The molecule has 7 heteroatoms. The van der Waals surface area contributed by atoms with Crippen molar-refractivity contribution in [3.63, 3.8) is 0 Å². The fourth-order valence-corrected chi connectivity index (χ4v) is 4.03. The van der Waals surface area contributed by atoms with Gasteiger partial charge in [0.15, 0.2) is 5.25 Å². The lowest BCUT2D eigenvalue weighted by molar-refractivity contribution is -0.128. The van der Waals surface area contributed by atoms with Crippen molar-refractivity contribution in [3.8, 4) is 5.75 Å². The van der Waals surface area contributed by atoms with Gasteiger partial charge >= 0.3 is 0 Å². The topological polar surface area (TPSA) is 66.9 Å². The molecule has 0 spiro atoms. The van der Waals surface area contributed by atoms with Gasteiger partial charge in [0.05, 0.1) is 6.61 Å². The van der Waals surface area contributed by atoms with Crippen LogP contribution in [0.25, 0.3) is 0 Å². The molecule has 1 aromatic rings. The molecule has 1 aromatic carbocycles. The fourth-order valence-electron chi connectivity index (χ4n) is 2.28. The Balaban J connectivity index is 1.84. The Morgan fingerprint density at radius 2 is 1.91 bits per heavy atom. The Kier molecular flexibility index (Phi) is 5.08. The average molecular weight is 326 g/mol. The first-order valence-corrected chi connectivity index (χ1v) is 8.70. The number of carbonyl (C=O) groups is 1. The van der Waals surface area contributed by atoms with Gasteiger partial charge in [-0.15, -0.1) is 0 Å². The molecule has 0 aliphatic carbocycles. The molecule has 0 aromatic heterocycles. The molecule has 6 nitrogen and oxygen atoms in total. The Morgan fingerprint density at radius 1 is 1.32 bits per heavy atom. The smallest absolute Gasteiger partial charge is 0.241 e. The number of amides is 1. The maximum absolute atomic E-state index is 12.3. The largest absolute Gasteiger partial charge is 0.493 e. The molecule has 2 rings (SSSR count). The zero-order chi connectivity index (χ0) is 16.3. The number of carbonyl (C=O) groups excluding carboxylic acids is 1.